The van der Waals surface area contributed by atoms with Crippen LogP contribution >= 0.6 is 7.82 Å². The minimum Gasteiger partial charge on any atom is -0.461 e. The molecule has 6 heterocycles. The maximum absolute atomic E-state index is 17.0. The Labute approximate surface area is 283 Å². The quantitative estimate of drug-likeness (QED) is 0.131. The Kier molecular flexibility index (Phi) is 8.00. The molecule has 2 aromatic carbocycles. The lowest BCUT2D eigenvalue weighted by Crippen LogP contribution is -2.51. The number of phosphoric acid groups is 1. The second-order valence-corrected chi connectivity index (χ2v) is 14.5. The lowest BCUT2D eigenvalue weighted by Gasteiger charge is -2.34. The molecule has 4 aliphatic heterocycles. The maximum Gasteiger partial charge on any atom is 0.524 e. The number of ether oxygens (including phenoxy) is 1. The number of pyridine rings is 1. The van der Waals surface area contributed by atoms with E-state index in [9.17, 15) is 27.5 Å². The number of hydrogen-bond acceptors (Lipinski definition) is 9. The van der Waals surface area contributed by atoms with Gasteiger partial charge in [-0.15, -0.1) is 6.42 Å². The number of nitrogens with one attached hydrogen (secondary N) is 1. The van der Waals surface area contributed by atoms with Crippen LogP contribution in [0.3, 0.4) is 0 Å². The van der Waals surface area contributed by atoms with Crippen molar-refractivity contribution in [2.24, 2.45) is 0 Å². The van der Waals surface area contributed by atoms with E-state index in [0.717, 1.165) is 31.4 Å². The highest BCUT2D eigenvalue weighted by molar-refractivity contribution is 7.46. The molecule has 16 heteroatoms. The molecule has 4 aromatic rings. The van der Waals surface area contributed by atoms with Gasteiger partial charge in [0, 0.05) is 54.4 Å². The number of nitrogens with zero attached hydrogens (tertiary/aromatic N) is 5. The largest absolute Gasteiger partial charge is 0.524 e. The third-order valence-electron chi connectivity index (χ3n) is 10.2. The number of benzene rings is 2. The van der Waals surface area contributed by atoms with E-state index < -0.39 is 31.1 Å². The van der Waals surface area contributed by atoms with E-state index in [1.807, 2.05) is 9.80 Å². The van der Waals surface area contributed by atoms with Gasteiger partial charge in [0.15, 0.2) is 5.82 Å². The van der Waals surface area contributed by atoms with Gasteiger partial charge >= 0.3 is 13.8 Å². The summed E-state index contributed by atoms with van der Waals surface area (Å²) < 4.78 is 82.0. The number of rotatable bonds is 7. The molecule has 3 atom stereocenters. The first-order valence-electron chi connectivity index (χ1n) is 16.2. The number of aromatic nitrogens is 3. The Morgan fingerprint density at radius 2 is 1.94 bits per heavy atom. The van der Waals surface area contributed by atoms with Crippen molar-refractivity contribution in [3.05, 3.63) is 59.3 Å². The summed E-state index contributed by atoms with van der Waals surface area (Å²) in [5.41, 5.74) is -1.38. The Morgan fingerprint density at radius 3 is 2.66 bits per heavy atom. The molecule has 4 fully saturated rings. The van der Waals surface area contributed by atoms with Crippen LogP contribution in [0.15, 0.2) is 42.1 Å². The maximum atomic E-state index is 17.0. The number of hydrogen-bond donors (Lipinski definition) is 3. The van der Waals surface area contributed by atoms with E-state index in [-0.39, 0.29) is 87.5 Å². The van der Waals surface area contributed by atoms with Gasteiger partial charge in [-0.1, -0.05) is 12.0 Å². The van der Waals surface area contributed by atoms with Crippen LogP contribution in [0.25, 0.3) is 32.9 Å². The molecule has 11 nitrogen and oxygen atoms in total. The zero-order valence-corrected chi connectivity index (χ0v) is 27.4. The summed E-state index contributed by atoms with van der Waals surface area (Å²) in [6.45, 7) is 1.99. The van der Waals surface area contributed by atoms with Crippen molar-refractivity contribution in [3.63, 3.8) is 0 Å². The van der Waals surface area contributed by atoms with Gasteiger partial charge in [0.05, 0.1) is 16.5 Å². The Morgan fingerprint density at radius 1 is 1.16 bits per heavy atom. The van der Waals surface area contributed by atoms with Gasteiger partial charge < -0.3 is 19.5 Å². The summed E-state index contributed by atoms with van der Waals surface area (Å²) >= 11 is 0. The van der Waals surface area contributed by atoms with Crippen molar-refractivity contribution in [2.45, 2.75) is 49.7 Å². The van der Waals surface area contributed by atoms with Gasteiger partial charge in [0.1, 0.15) is 35.2 Å². The SMILES string of the molecule is C#Cc1c(F)ccc2cc(OP(=O)(O)O)cc(-c3ncc4c(N5CC6CCC(C5)N6)nc(OC[C@]56CCCN5CC(=C(F)F)C6)nc4c3F)c12. The fraction of sp³-hybridized carbons (Fsp3) is 0.382. The first kappa shape index (κ1) is 32.9. The van der Waals surface area contributed by atoms with E-state index >= 15 is 4.39 Å². The van der Waals surface area contributed by atoms with E-state index in [1.165, 1.54) is 18.3 Å². The highest BCUT2D eigenvalue weighted by atomic mass is 31.2. The third-order valence-corrected chi connectivity index (χ3v) is 10.7. The van der Waals surface area contributed by atoms with E-state index in [4.69, 9.17) is 20.7 Å². The van der Waals surface area contributed by atoms with Crippen LogP contribution in [0.5, 0.6) is 11.8 Å². The van der Waals surface area contributed by atoms with Gasteiger partial charge in [-0.2, -0.15) is 18.7 Å². The van der Waals surface area contributed by atoms with Gasteiger partial charge in [-0.25, -0.2) is 13.3 Å². The summed E-state index contributed by atoms with van der Waals surface area (Å²) in [4.78, 5) is 36.7. The van der Waals surface area contributed by atoms with Crippen LogP contribution in [0.2, 0.25) is 0 Å². The first-order chi connectivity index (χ1) is 23.9. The average Bonchev–Trinajstić information content (AvgIpc) is 3.74. The predicted molar refractivity (Wildman–Crippen MR) is 176 cm³/mol. The molecule has 260 valence electrons. The van der Waals surface area contributed by atoms with Crippen LogP contribution < -0.4 is 19.5 Å². The smallest absolute Gasteiger partial charge is 0.461 e. The molecule has 8 rings (SSSR count). The fourth-order valence-corrected chi connectivity index (χ4v) is 8.46. The minimum atomic E-state index is -5.05. The predicted octanol–water partition coefficient (Wildman–Crippen LogP) is 5.28. The third kappa shape index (κ3) is 5.75. The van der Waals surface area contributed by atoms with Crippen LogP contribution in [0.4, 0.5) is 23.4 Å². The molecule has 0 radical (unpaired) electrons. The van der Waals surface area contributed by atoms with Crippen LogP contribution in [0.1, 0.15) is 37.7 Å². The molecule has 2 unspecified atom stereocenters. The van der Waals surface area contributed by atoms with Gasteiger partial charge in [-0.05, 0) is 62.2 Å². The molecular formula is C34H31F4N6O5P. The zero-order chi connectivity index (χ0) is 34.9. The zero-order valence-electron chi connectivity index (χ0n) is 26.5. The Bertz CT molecular complexity index is 2180. The van der Waals surface area contributed by atoms with Gasteiger partial charge in [0.25, 0.3) is 6.08 Å². The second kappa shape index (κ2) is 12.2. The molecule has 0 aliphatic carbocycles. The van der Waals surface area contributed by atoms with Crippen LogP contribution in [-0.2, 0) is 4.57 Å². The van der Waals surface area contributed by atoms with Crippen molar-refractivity contribution < 1.29 is 41.2 Å². The second-order valence-electron chi connectivity index (χ2n) is 13.4. The first-order valence-corrected chi connectivity index (χ1v) is 17.7. The van der Waals surface area contributed by atoms with Crippen molar-refractivity contribution in [1.29, 1.82) is 0 Å². The molecule has 4 saturated heterocycles. The lowest BCUT2D eigenvalue weighted by atomic mass is 9.94. The molecule has 2 aromatic heterocycles. The standard InChI is InChI=1S/C34H31F4N6O5P/c1-2-23-26(35)7-4-18-10-22(49-50(45,46)47)11-24(27(18)23)29-28(36)30-25(13-39-29)32(43-15-20-5-6-21(16-43)40-20)42-33(41-30)48-17-34-8-3-9-44(34)14-19(12-34)31(37)38/h1,4,7,10-11,13,20-21,40H,3,5-6,8-9,12,14-17H2,(H2,45,46,47)/t20?,21?,34-/m1/s1. The highest BCUT2D eigenvalue weighted by Crippen LogP contribution is 2.45. The van der Waals surface area contributed by atoms with Crippen molar-refractivity contribution in [2.75, 3.05) is 37.7 Å². The van der Waals surface area contributed by atoms with Crippen LogP contribution in [-0.4, -0.2) is 80.0 Å². The molecule has 0 spiro atoms. The fourth-order valence-electron chi connectivity index (χ4n) is 8.08. The van der Waals surface area contributed by atoms with Crippen molar-refractivity contribution in [3.8, 4) is 35.4 Å². The lowest BCUT2D eigenvalue weighted by molar-refractivity contribution is 0.108. The van der Waals surface area contributed by atoms with Crippen LogP contribution in [0, 0.1) is 24.0 Å². The molecule has 2 bridgehead atoms. The van der Waals surface area contributed by atoms with Crippen molar-refractivity contribution in [1.82, 2.24) is 25.2 Å². The molecule has 0 amide bonds. The summed E-state index contributed by atoms with van der Waals surface area (Å²) in [5.74, 6) is 0.647. The monoisotopic (exact) mass is 710 g/mol. The Balaban J connectivity index is 1.28. The summed E-state index contributed by atoms with van der Waals surface area (Å²) in [5, 5.41) is 4.13. The normalized spacial score (nSPS) is 23.5. The van der Waals surface area contributed by atoms with Crippen molar-refractivity contribution >= 4 is 35.3 Å². The average molecular weight is 711 g/mol. The number of terminal acetylenes is 1. The van der Waals surface area contributed by atoms with E-state index in [2.05, 4.69) is 21.2 Å². The molecular weight excluding hydrogens is 679 g/mol. The Hall–Kier alpha value is -4.32. The number of fused-ring (bicyclic) bond motifs is 5. The summed E-state index contributed by atoms with van der Waals surface area (Å²) in [6.07, 6.45) is 8.93. The number of anilines is 1. The minimum absolute atomic E-state index is 0.0122. The highest BCUT2D eigenvalue weighted by Gasteiger charge is 2.48. The topological polar surface area (TPSA) is 133 Å². The molecule has 4 aliphatic rings. The molecule has 3 N–H and O–H groups in total. The number of piperazine rings is 1. The summed E-state index contributed by atoms with van der Waals surface area (Å²) in [7, 11) is -5.05. The van der Waals surface area contributed by atoms with E-state index in [0.29, 0.717) is 31.9 Å². The number of phosphoric ester groups is 1. The number of halogens is 4. The summed E-state index contributed by atoms with van der Waals surface area (Å²) in [6, 6.07) is 5.06. The van der Waals surface area contributed by atoms with Gasteiger partial charge in [-0.3, -0.25) is 19.7 Å². The van der Waals surface area contributed by atoms with Gasteiger partial charge in [0.2, 0.25) is 0 Å². The molecule has 0 saturated carbocycles. The molecule has 50 heavy (non-hydrogen) atoms. The van der Waals surface area contributed by atoms with E-state index in [1.54, 1.807) is 0 Å².